The van der Waals surface area contributed by atoms with Crippen LogP contribution in [0.3, 0.4) is 0 Å². The lowest BCUT2D eigenvalue weighted by atomic mass is 10.2. The standard InChI is InChI=1S/C13H16N2O3/c1-3-11(13(16)17-4-2)18-12-6-5-9(8-14)7-10(12)15/h5-7,11H,3-4,15H2,1-2H3. The fraction of sp³-hybridized carbons (Fsp3) is 0.385. The molecule has 5 nitrogen and oxygen atoms in total. The van der Waals surface area contributed by atoms with Gasteiger partial charge in [0.15, 0.2) is 6.10 Å². The number of nitrogens with two attached hydrogens (primary N) is 1. The topological polar surface area (TPSA) is 85.3 Å². The quantitative estimate of drug-likeness (QED) is 0.635. The highest BCUT2D eigenvalue weighted by Crippen LogP contribution is 2.24. The molecule has 0 saturated carbocycles. The molecule has 1 rings (SSSR count). The van der Waals surface area contributed by atoms with Gasteiger partial charge in [0.25, 0.3) is 0 Å². The van der Waals surface area contributed by atoms with Gasteiger partial charge in [-0.2, -0.15) is 5.26 Å². The third kappa shape index (κ3) is 3.39. The van der Waals surface area contributed by atoms with Gasteiger partial charge in [0.05, 0.1) is 23.9 Å². The zero-order valence-corrected chi connectivity index (χ0v) is 10.5. The molecule has 0 heterocycles. The molecule has 18 heavy (non-hydrogen) atoms. The van der Waals surface area contributed by atoms with Crippen molar-refractivity contribution in [2.75, 3.05) is 12.3 Å². The number of nitrogens with zero attached hydrogens (tertiary/aromatic N) is 1. The van der Waals surface area contributed by atoms with Gasteiger partial charge in [-0.25, -0.2) is 4.79 Å². The van der Waals surface area contributed by atoms with Gasteiger partial charge in [0, 0.05) is 0 Å². The van der Waals surface area contributed by atoms with E-state index in [1.807, 2.05) is 13.0 Å². The van der Waals surface area contributed by atoms with Crippen LogP contribution in [0.15, 0.2) is 18.2 Å². The molecular weight excluding hydrogens is 232 g/mol. The number of rotatable bonds is 5. The van der Waals surface area contributed by atoms with Gasteiger partial charge in [0.1, 0.15) is 5.75 Å². The van der Waals surface area contributed by atoms with Gasteiger partial charge in [-0.1, -0.05) is 6.92 Å². The van der Waals surface area contributed by atoms with E-state index >= 15 is 0 Å². The Kier molecular flexibility index (Phi) is 5.00. The fourth-order valence-electron chi connectivity index (χ4n) is 1.41. The Bertz CT molecular complexity index is 466. The molecule has 1 aromatic rings. The smallest absolute Gasteiger partial charge is 0.347 e. The summed E-state index contributed by atoms with van der Waals surface area (Å²) in [5, 5.41) is 8.72. The number of carbonyl (C=O) groups is 1. The zero-order chi connectivity index (χ0) is 13.5. The van der Waals surface area contributed by atoms with Crippen LogP contribution in [0, 0.1) is 11.3 Å². The van der Waals surface area contributed by atoms with Crippen molar-refractivity contribution in [1.82, 2.24) is 0 Å². The van der Waals surface area contributed by atoms with Crippen molar-refractivity contribution < 1.29 is 14.3 Å². The molecule has 5 heteroatoms. The third-order valence-electron chi connectivity index (χ3n) is 2.33. The maximum Gasteiger partial charge on any atom is 0.347 e. The molecule has 0 aromatic heterocycles. The van der Waals surface area contributed by atoms with Crippen LogP contribution >= 0.6 is 0 Å². The SMILES string of the molecule is CCOC(=O)C(CC)Oc1ccc(C#N)cc1N. The molecule has 0 amide bonds. The number of esters is 1. The van der Waals surface area contributed by atoms with Crippen LogP contribution in [0.2, 0.25) is 0 Å². The summed E-state index contributed by atoms with van der Waals surface area (Å²) in [5.74, 6) is -0.0299. The molecule has 0 saturated heterocycles. The van der Waals surface area contributed by atoms with E-state index in [1.165, 1.54) is 6.07 Å². The number of anilines is 1. The second kappa shape index (κ2) is 6.50. The van der Waals surface area contributed by atoms with E-state index in [0.29, 0.717) is 30.0 Å². The molecule has 0 spiro atoms. The van der Waals surface area contributed by atoms with Crippen LogP contribution in [0.5, 0.6) is 5.75 Å². The normalized spacial score (nSPS) is 11.4. The molecule has 96 valence electrons. The Morgan fingerprint density at radius 2 is 2.22 bits per heavy atom. The summed E-state index contributed by atoms with van der Waals surface area (Å²) < 4.78 is 10.4. The summed E-state index contributed by atoms with van der Waals surface area (Å²) in [5.41, 5.74) is 6.52. The number of ether oxygens (including phenoxy) is 2. The minimum atomic E-state index is -0.680. The van der Waals surface area contributed by atoms with Crippen molar-refractivity contribution >= 4 is 11.7 Å². The van der Waals surface area contributed by atoms with Crippen molar-refractivity contribution in [3.63, 3.8) is 0 Å². The second-order valence-corrected chi connectivity index (χ2v) is 3.63. The van der Waals surface area contributed by atoms with E-state index in [9.17, 15) is 4.79 Å². The first kappa shape index (κ1) is 13.8. The molecule has 1 atom stereocenters. The average Bonchev–Trinajstić information content (AvgIpc) is 2.37. The first-order valence-electron chi connectivity index (χ1n) is 5.75. The molecule has 0 bridgehead atoms. The molecule has 2 N–H and O–H groups in total. The number of hydrogen-bond acceptors (Lipinski definition) is 5. The van der Waals surface area contributed by atoms with E-state index in [1.54, 1.807) is 19.1 Å². The molecule has 1 unspecified atom stereocenters. The summed E-state index contributed by atoms with van der Waals surface area (Å²) in [6.45, 7) is 3.86. The van der Waals surface area contributed by atoms with E-state index in [2.05, 4.69) is 0 Å². The van der Waals surface area contributed by atoms with Crippen LogP contribution in [0.1, 0.15) is 25.8 Å². The number of hydrogen-bond donors (Lipinski definition) is 1. The number of nitriles is 1. The Morgan fingerprint density at radius 1 is 1.50 bits per heavy atom. The lowest BCUT2D eigenvalue weighted by Crippen LogP contribution is -2.29. The lowest BCUT2D eigenvalue weighted by Gasteiger charge is -2.17. The van der Waals surface area contributed by atoms with Crippen LogP contribution in [0.4, 0.5) is 5.69 Å². The minimum Gasteiger partial charge on any atom is -0.477 e. The van der Waals surface area contributed by atoms with Crippen molar-refractivity contribution in [2.24, 2.45) is 0 Å². The first-order chi connectivity index (χ1) is 8.62. The van der Waals surface area contributed by atoms with Crippen LogP contribution in [-0.2, 0) is 9.53 Å². The van der Waals surface area contributed by atoms with Gasteiger partial charge < -0.3 is 15.2 Å². The highest BCUT2D eigenvalue weighted by atomic mass is 16.6. The fourth-order valence-corrected chi connectivity index (χ4v) is 1.41. The van der Waals surface area contributed by atoms with Gasteiger partial charge in [-0.15, -0.1) is 0 Å². The van der Waals surface area contributed by atoms with Crippen molar-refractivity contribution in [2.45, 2.75) is 26.4 Å². The molecule has 0 fully saturated rings. The van der Waals surface area contributed by atoms with Crippen LogP contribution in [-0.4, -0.2) is 18.7 Å². The average molecular weight is 248 g/mol. The molecule has 0 aliphatic heterocycles. The zero-order valence-electron chi connectivity index (χ0n) is 10.5. The molecular formula is C13H16N2O3. The molecule has 0 radical (unpaired) electrons. The van der Waals surface area contributed by atoms with Crippen LogP contribution < -0.4 is 10.5 Å². The Morgan fingerprint density at radius 3 is 2.72 bits per heavy atom. The van der Waals surface area contributed by atoms with Crippen molar-refractivity contribution in [1.29, 1.82) is 5.26 Å². The highest BCUT2D eigenvalue weighted by Gasteiger charge is 2.20. The van der Waals surface area contributed by atoms with Gasteiger partial charge in [0.2, 0.25) is 0 Å². The van der Waals surface area contributed by atoms with Crippen molar-refractivity contribution in [3.8, 4) is 11.8 Å². The largest absolute Gasteiger partial charge is 0.477 e. The van der Waals surface area contributed by atoms with E-state index in [4.69, 9.17) is 20.5 Å². The van der Waals surface area contributed by atoms with E-state index in [-0.39, 0.29) is 0 Å². The molecule has 1 aromatic carbocycles. The van der Waals surface area contributed by atoms with Crippen LogP contribution in [0.25, 0.3) is 0 Å². The lowest BCUT2D eigenvalue weighted by molar-refractivity contribution is -0.151. The maximum absolute atomic E-state index is 11.6. The van der Waals surface area contributed by atoms with E-state index in [0.717, 1.165) is 0 Å². The second-order valence-electron chi connectivity index (χ2n) is 3.63. The van der Waals surface area contributed by atoms with Gasteiger partial charge in [-0.3, -0.25) is 0 Å². The maximum atomic E-state index is 11.6. The summed E-state index contributed by atoms with van der Waals surface area (Å²) >= 11 is 0. The van der Waals surface area contributed by atoms with Crippen molar-refractivity contribution in [3.05, 3.63) is 23.8 Å². The number of nitrogen functional groups attached to an aromatic ring is 1. The summed E-state index contributed by atoms with van der Waals surface area (Å²) in [6, 6.07) is 6.65. The number of carbonyl (C=O) groups excluding carboxylic acids is 1. The molecule has 0 aliphatic rings. The monoisotopic (exact) mass is 248 g/mol. The summed E-state index contributed by atoms with van der Waals surface area (Å²) in [6.07, 6.45) is -0.196. The minimum absolute atomic E-state index is 0.307. The Balaban J connectivity index is 2.82. The predicted octanol–water partition coefficient (Wildman–Crippen LogP) is 1.86. The Labute approximate surface area is 106 Å². The third-order valence-corrected chi connectivity index (χ3v) is 2.33. The summed E-state index contributed by atoms with van der Waals surface area (Å²) in [4.78, 5) is 11.6. The number of benzene rings is 1. The predicted molar refractivity (Wildman–Crippen MR) is 66.9 cm³/mol. The van der Waals surface area contributed by atoms with Gasteiger partial charge >= 0.3 is 5.97 Å². The highest BCUT2D eigenvalue weighted by molar-refractivity contribution is 5.75. The summed E-state index contributed by atoms with van der Waals surface area (Å²) in [7, 11) is 0. The van der Waals surface area contributed by atoms with Gasteiger partial charge in [-0.05, 0) is 31.5 Å². The Hall–Kier alpha value is -2.22. The first-order valence-corrected chi connectivity index (χ1v) is 5.75. The molecule has 0 aliphatic carbocycles. The van der Waals surface area contributed by atoms with E-state index < -0.39 is 12.1 Å².